The number of benzene rings is 1. The normalized spacial score (nSPS) is 26.9. The summed E-state index contributed by atoms with van der Waals surface area (Å²) in [4.78, 5) is 23.6. The monoisotopic (exact) mass is 303 g/mol. The summed E-state index contributed by atoms with van der Waals surface area (Å²) in [6, 6.07) is 5.35. The Morgan fingerprint density at radius 2 is 1.95 bits per heavy atom. The van der Waals surface area contributed by atoms with Crippen molar-refractivity contribution in [2.75, 3.05) is 6.54 Å². The number of halogens is 1. The largest absolute Gasteiger partial charge is 0.481 e. The molecule has 2 aliphatic carbocycles. The van der Waals surface area contributed by atoms with Crippen molar-refractivity contribution >= 4 is 11.9 Å². The van der Waals surface area contributed by atoms with E-state index in [1.54, 1.807) is 0 Å². The van der Waals surface area contributed by atoms with Gasteiger partial charge in [0.15, 0.2) is 0 Å². The first-order chi connectivity index (χ1) is 10.5. The van der Waals surface area contributed by atoms with Crippen molar-refractivity contribution in [3.8, 4) is 0 Å². The SMILES string of the molecule is O=C(O)C(CNC(=O)C1CC2C=CC1C2)c1ccc(F)cc1. The summed E-state index contributed by atoms with van der Waals surface area (Å²) in [6.07, 6.45) is 6.12. The molecule has 4 nitrogen and oxygen atoms in total. The number of aliphatic carboxylic acids is 1. The zero-order valence-electron chi connectivity index (χ0n) is 12.0. The van der Waals surface area contributed by atoms with Crippen molar-refractivity contribution in [2.45, 2.75) is 18.8 Å². The maximum absolute atomic E-state index is 12.9. The Bertz CT molecular complexity index is 611. The number of nitrogens with one attached hydrogen (secondary N) is 1. The number of carbonyl (C=O) groups excluding carboxylic acids is 1. The van der Waals surface area contributed by atoms with Gasteiger partial charge in [-0.15, -0.1) is 0 Å². The molecule has 0 radical (unpaired) electrons. The van der Waals surface area contributed by atoms with Crippen LogP contribution in [0.4, 0.5) is 4.39 Å². The average Bonchev–Trinajstić information content (AvgIpc) is 3.11. The maximum Gasteiger partial charge on any atom is 0.312 e. The molecular formula is C17H18FNO3. The van der Waals surface area contributed by atoms with Crippen LogP contribution in [0.5, 0.6) is 0 Å². The van der Waals surface area contributed by atoms with E-state index in [1.807, 2.05) is 0 Å². The van der Waals surface area contributed by atoms with Crippen LogP contribution in [0.3, 0.4) is 0 Å². The first kappa shape index (κ1) is 14.8. The van der Waals surface area contributed by atoms with Gasteiger partial charge < -0.3 is 10.4 Å². The summed E-state index contributed by atoms with van der Waals surface area (Å²) in [5.74, 6) is -1.64. The van der Waals surface area contributed by atoms with E-state index in [0.29, 0.717) is 17.4 Å². The molecule has 4 atom stereocenters. The summed E-state index contributed by atoms with van der Waals surface area (Å²) in [5.41, 5.74) is 0.488. The number of hydrogen-bond acceptors (Lipinski definition) is 2. The molecule has 2 N–H and O–H groups in total. The Labute approximate surface area is 128 Å². The Morgan fingerprint density at radius 1 is 1.23 bits per heavy atom. The molecule has 0 saturated heterocycles. The van der Waals surface area contributed by atoms with Crippen LogP contribution >= 0.6 is 0 Å². The fourth-order valence-electron chi connectivity index (χ4n) is 3.46. The predicted octanol–water partition coefficient (Wildman–Crippen LogP) is 2.32. The molecular weight excluding hydrogens is 285 g/mol. The number of hydrogen-bond donors (Lipinski definition) is 2. The third-order valence-electron chi connectivity index (χ3n) is 4.67. The number of carbonyl (C=O) groups is 2. The second-order valence-corrected chi connectivity index (χ2v) is 6.07. The predicted molar refractivity (Wildman–Crippen MR) is 78.6 cm³/mol. The lowest BCUT2D eigenvalue weighted by atomic mass is 9.92. The number of carboxylic acid groups (broad SMARTS) is 1. The molecule has 1 aromatic rings. The van der Waals surface area contributed by atoms with Crippen LogP contribution in [0.25, 0.3) is 0 Å². The van der Waals surface area contributed by atoms with Crippen molar-refractivity contribution in [3.63, 3.8) is 0 Å². The topological polar surface area (TPSA) is 66.4 Å². The van der Waals surface area contributed by atoms with Crippen molar-refractivity contribution in [2.24, 2.45) is 17.8 Å². The molecule has 4 unspecified atom stereocenters. The van der Waals surface area contributed by atoms with E-state index >= 15 is 0 Å². The lowest BCUT2D eigenvalue weighted by Gasteiger charge is -2.19. The third-order valence-corrected chi connectivity index (χ3v) is 4.67. The third kappa shape index (κ3) is 2.89. The minimum Gasteiger partial charge on any atom is -0.481 e. The van der Waals surface area contributed by atoms with Crippen LogP contribution in [-0.2, 0) is 9.59 Å². The highest BCUT2D eigenvalue weighted by Gasteiger charge is 2.39. The van der Waals surface area contributed by atoms with E-state index in [4.69, 9.17) is 0 Å². The molecule has 1 saturated carbocycles. The number of rotatable bonds is 5. The summed E-state index contributed by atoms with van der Waals surface area (Å²) < 4.78 is 12.9. The molecule has 2 bridgehead atoms. The Balaban J connectivity index is 1.62. The van der Waals surface area contributed by atoms with Crippen molar-refractivity contribution < 1.29 is 19.1 Å². The van der Waals surface area contributed by atoms with Crippen molar-refractivity contribution in [1.29, 1.82) is 0 Å². The van der Waals surface area contributed by atoms with Crippen LogP contribution in [0.1, 0.15) is 24.3 Å². The fourth-order valence-corrected chi connectivity index (χ4v) is 3.46. The summed E-state index contributed by atoms with van der Waals surface area (Å²) >= 11 is 0. The molecule has 116 valence electrons. The van der Waals surface area contributed by atoms with Crippen LogP contribution in [0.15, 0.2) is 36.4 Å². The molecule has 3 rings (SSSR count). The van der Waals surface area contributed by atoms with Crippen LogP contribution < -0.4 is 5.32 Å². The van der Waals surface area contributed by atoms with Gasteiger partial charge in [0, 0.05) is 12.5 Å². The van der Waals surface area contributed by atoms with Gasteiger partial charge in [-0.1, -0.05) is 24.3 Å². The van der Waals surface area contributed by atoms with Crippen molar-refractivity contribution in [3.05, 3.63) is 47.8 Å². The minimum absolute atomic E-state index is 0.0252. The summed E-state index contributed by atoms with van der Waals surface area (Å²) in [6.45, 7) is 0.0252. The Hall–Kier alpha value is -2.17. The fraction of sp³-hybridized carbons (Fsp3) is 0.412. The molecule has 1 amide bonds. The van der Waals surface area contributed by atoms with Gasteiger partial charge in [-0.3, -0.25) is 9.59 Å². The van der Waals surface area contributed by atoms with Gasteiger partial charge in [-0.05, 0) is 42.4 Å². The Morgan fingerprint density at radius 3 is 2.50 bits per heavy atom. The number of amides is 1. The van der Waals surface area contributed by atoms with Crippen LogP contribution in [0.2, 0.25) is 0 Å². The summed E-state index contributed by atoms with van der Waals surface area (Å²) in [7, 11) is 0. The second-order valence-electron chi connectivity index (χ2n) is 6.07. The maximum atomic E-state index is 12.9. The highest BCUT2D eigenvalue weighted by molar-refractivity contribution is 5.82. The lowest BCUT2D eigenvalue weighted by molar-refractivity contribution is -0.138. The number of carboxylic acids is 1. The van der Waals surface area contributed by atoms with E-state index in [2.05, 4.69) is 17.5 Å². The number of allylic oxidation sites excluding steroid dienone is 2. The number of fused-ring (bicyclic) bond motifs is 2. The van der Waals surface area contributed by atoms with Gasteiger partial charge in [0.1, 0.15) is 5.82 Å². The van der Waals surface area contributed by atoms with E-state index in [0.717, 1.165) is 12.8 Å². The van der Waals surface area contributed by atoms with E-state index in [9.17, 15) is 19.1 Å². The van der Waals surface area contributed by atoms with Crippen LogP contribution in [0, 0.1) is 23.6 Å². The molecule has 0 spiro atoms. The zero-order chi connectivity index (χ0) is 15.7. The lowest BCUT2D eigenvalue weighted by Crippen LogP contribution is -2.37. The standard InChI is InChI=1S/C17H18FNO3/c18-13-5-3-11(4-6-13)15(17(21)22)9-19-16(20)14-8-10-1-2-12(14)7-10/h1-6,10,12,14-15H,7-9H2,(H,19,20)(H,21,22). The smallest absolute Gasteiger partial charge is 0.312 e. The zero-order valence-corrected chi connectivity index (χ0v) is 12.0. The van der Waals surface area contributed by atoms with E-state index < -0.39 is 17.7 Å². The first-order valence-electron chi connectivity index (χ1n) is 7.49. The molecule has 1 fully saturated rings. The quantitative estimate of drug-likeness (QED) is 0.820. The van der Waals surface area contributed by atoms with E-state index in [-0.39, 0.29) is 18.4 Å². The molecule has 1 aromatic carbocycles. The van der Waals surface area contributed by atoms with Gasteiger partial charge in [0.25, 0.3) is 0 Å². The van der Waals surface area contributed by atoms with E-state index in [1.165, 1.54) is 24.3 Å². The highest BCUT2D eigenvalue weighted by Crippen LogP contribution is 2.43. The highest BCUT2D eigenvalue weighted by atomic mass is 19.1. The van der Waals surface area contributed by atoms with Gasteiger partial charge in [-0.25, -0.2) is 4.39 Å². The second kappa shape index (κ2) is 5.91. The van der Waals surface area contributed by atoms with Crippen molar-refractivity contribution in [1.82, 2.24) is 5.32 Å². The molecule has 0 aliphatic heterocycles. The Kier molecular flexibility index (Phi) is 3.96. The summed E-state index contributed by atoms with van der Waals surface area (Å²) in [5, 5.41) is 12.1. The molecule has 5 heteroatoms. The molecule has 22 heavy (non-hydrogen) atoms. The average molecular weight is 303 g/mol. The minimum atomic E-state index is -1.03. The van der Waals surface area contributed by atoms with Gasteiger partial charge in [-0.2, -0.15) is 0 Å². The molecule has 0 heterocycles. The van der Waals surface area contributed by atoms with Gasteiger partial charge in [0.05, 0.1) is 5.92 Å². The first-order valence-corrected chi connectivity index (χ1v) is 7.49. The van der Waals surface area contributed by atoms with Gasteiger partial charge >= 0.3 is 5.97 Å². The molecule has 2 aliphatic rings. The van der Waals surface area contributed by atoms with Crippen LogP contribution in [-0.4, -0.2) is 23.5 Å². The van der Waals surface area contributed by atoms with Gasteiger partial charge in [0.2, 0.25) is 5.91 Å². The molecule has 0 aromatic heterocycles.